The number of para-hydroxylation sites is 1. The fraction of sp³-hybridized carbons (Fsp3) is 0.200. The summed E-state index contributed by atoms with van der Waals surface area (Å²) in [6, 6.07) is 23.3. The van der Waals surface area contributed by atoms with Crippen LogP contribution in [0.5, 0.6) is 0 Å². The maximum atomic E-state index is 11.8. The number of carboxylic acid groups (broad SMARTS) is 1. The quantitative estimate of drug-likeness (QED) is 0.219. The van der Waals surface area contributed by atoms with Crippen LogP contribution in [0.25, 0.3) is 21.9 Å². The van der Waals surface area contributed by atoms with E-state index in [1.54, 1.807) is 0 Å². The molecule has 0 aliphatic carbocycles. The summed E-state index contributed by atoms with van der Waals surface area (Å²) in [5, 5.41) is 24.6. The third-order valence-electron chi connectivity index (χ3n) is 5.48. The second-order valence-corrected chi connectivity index (χ2v) is 7.47. The number of oxime groups is 1. The van der Waals surface area contributed by atoms with Gasteiger partial charge in [-0.05, 0) is 49.1 Å². The van der Waals surface area contributed by atoms with Gasteiger partial charge in [-0.25, -0.2) is 0 Å². The Morgan fingerprint density at radius 3 is 2.43 bits per heavy atom. The summed E-state index contributed by atoms with van der Waals surface area (Å²) >= 11 is 0. The second-order valence-electron chi connectivity index (χ2n) is 7.47. The van der Waals surface area contributed by atoms with E-state index < -0.39 is 11.9 Å². The van der Waals surface area contributed by atoms with E-state index in [0.717, 1.165) is 34.8 Å². The molecule has 0 bridgehead atoms. The number of hydrogen-bond acceptors (Lipinski definition) is 4. The van der Waals surface area contributed by atoms with Gasteiger partial charge in [0.05, 0.1) is 11.6 Å². The predicted molar refractivity (Wildman–Crippen MR) is 117 cm³/mol. The largest absolute Gasteiger partial charge is 0.481 e. The van der Waals surface area contributed by atoms with Crippen molar-refractivity contribution < 1.29 is 19.5 Å². The fourth-order valence-corrected chi connectivity index (χ4v) is 3.87. The van der Waals surface area contributed by atoms with Crippen LogP contribution in [0, 0.1) is 5.92 Å². The number of aliphatic carboxylic acids is 1. The minimum absolute atomic E-state index is 0.169. The lowest BCUT2D eigenvalue weighted by Crippen LogP contribution is -2.19. The van der Waals surface area contributed by atoms with Crippen LogP contribution in [0.1, 0.15) is 30.4 Å². The molecule has 2 N–H and O–H groups in total. The highest BCUT2D eigenvalue weighted by molar-refractivity contribution is 6.10. The zero-order valence-corrected chi connectivity index (χ0v) is 16.5. The number of nitrogens with zero attached hydrogens (tertiary/aromatic N) is 1. The lowest BCUT2D eigenvalue weighted by Gasteiger charge is -2.13. The fourth-order valence-electron chi connectivity index (χ4n) is 3.87. The number of aryl methyl sites for hydroxylation is 1. The third kappa shape index (κ3) is 4.20. The molecule has 5 heteroatoms. The Bertz CT molecular complexity index is 1190. The summed E-state index contributed by atoms with van der Waals surface area (Å²) < 4.78 is 5.84. The number of fused-ring (bicyclic) bond motifs is 3. The molecule has 0 aliphatic heterocycles. The van der Waals surface area contributed by atoms with Crippen molar-refractivity contribution in [3.05, 3.63) is 83.9 Å². The van der Waals surface area contributed by atoms with Gasteiger partial charge in [-0.1, -0.05) is 53.7 Å². The van der Waals surface area contributed by atoms with Gasteiger partial charge in [0.15, 0.2) is 0 Å². The van der Waals surface area contributed by atoms with Crippen LogP contribution in [-0.4, -0.2) is 22.0 Å². The molecule has 0 aliphatic rings. The molecule has 4 rings (SSSR count). The highest BCUT2D eigenvalue weighted by Gasteiger charge is 2.21. The average Bonchev–Trinajstić information content (AvgIpc) is 3.14. The molecule has 1 heterocycles. The van der Waals surface area contributed by atoms with Crippen LogP contribution in [0.15, 0.2) is 82.4 Å². The van der Waals surface area contributed by atoms with Gasteiger partial charge >= 0.3 is 5.97 Å². The Labute approximate surface area is 174 Å². The van der Waals surface area contributed by atoms with E-state index in [1.807, 2.05) is 72.8 Å². The molecule has 0 saturated heterocycles. The molecule has 0 saturated carbocycles. The van der Waals surface area contributed by atoms with Gasteiger partial charge in [0.1, 0.15) is 11.2 Å². The molecule has 1 atom stereocenters. The average molecular weight is 401 g/mol. The Hall–Kier alpha value is -3.60. The Morgan fingerprint density at radius 2 is 1.67 bits per heavy atom. The number of benzene rings is 3. The molecule has 0 spiro atoms. The van der Waals surface area contributed by atoms with Gasteiger partial charge in [-0.2, -0.15) is 0 Å². The maximum Gasteiger partial charge on any atom is 0.306 e. The van der Waals surface area contributed by atoms with Gasteiger partial charge < -0.3 is 14.7 Å². The van der Waals surface area contributed by atoms with E-state index in [4.69, 9.17) is 4.42 Å². The van der Waals surface area contributed by atoms with Gasteiger partial charge in [0, 0.05) is 22.8 Å². The van der Waals surface area contributed by atoms with Gasteiger partial charge in [-0.3, -0.25) is 4.79 Å². The first-order valence-corrected chi connectivity index (χ1v) is 10.0. The van der Waals surface area contributed by atoms with Crippen molar-refractivity contribution >= 4 is 33.6 Å². The van der Waals surface area contributed by atoms with E-state index in [-0.39, 0.29) is 6.42 Å². The van der Waals surface area contributed by atoms with Crippen LogP contribution in [0.2, 0.25) is 0 Å². The standard InChI is InChI=1S/C25H23NO4/c27-25(28)19(10-6-9-17-7-2-1-3-8-17)16-22(26-29)18-13-14-24-21(15-18)20-11-4-5-12-23(20)30-24/h1-5,7-8,11-15,19,29H,6,9-10,16H2,(H,27,28)/b26-22+. The number of furan rings is 1. The summed E-state index contributed by atoms with van der Waals surface area (Å²) in [5.41, 5.74) is 3.79. The Balaban J connectivity index is 1.51. The Kier molecular flexibility index (Phi) is 5.80. The normalized spacial score (nSPS) is 13.0. The maximum absolute atomic E-state index is 11.8. The van der Waals surface area contributed by atoms with Gasteiger partial charge in [0.25, 0.3) is 0 Å². The van der Waals surface area contributed by atoms with Crippen molar-refractivity contribution in [1.82, 2.24) is 0 Å². The monoisotopic (exact) mass is 401 g/mol. The van der Waals surface area contributed by atoms with Crippen LogP contribution < -0.4 is 0 Å². The van der Waals surface area contributed by atoms with Crippen molar-refractivity contribution in [1.29, 1.82) is 0 Å². The molecule has 0 amide bonds. The smallest absolute Gasteiger partial charge is 0.306 e. The first-order valence-electron chi connectivity index (χ1n) is 10.0. The van der Waals surface area contributed by atoms with Crippen molar-refractivity contribution in [2.45, 2.75) is 25.7 Å². The molecule has 152 valence electrons. The van der Waals surface area contributed by atoms with E-state index in [0.29, 0.717) is 17.7 Å². The van der Waals surface area contributed by atoms with Crippen molar-refractivity contribution in [2.75, 3.05) is 0 Å². The zero-order valence-electron chi connectivity index (χ0n) is 16.5. The SMILES string of the molecule is O=C(O)C(CCCc1ccccc1)C/C(=N\O)c1ccc2oc3ccccc3c2c1. The number of carbonyl (C=O) groups is 1. The second kappa shape index (κ2) is 8.82. The number of carboxylic acids is 1. The van der Waals surface area contributed by atoms with E-state index in [1.165, 1.54) is 5.56 Å². The van der Waals surface area contributed by atoms with Crippen LogP contribution >= 0.6 is 0 Å². The highest BCUT2D eigenvalue weighted by Crippen LogP contribution is 2.30. The van der Waals surface area contributed by atoms with Crippen molar-refractivity contribution in [3.8, 4) is 0 Å². The summed E-state index contributed by atoms with van der Waals surface area (Å²) in [7, 11) is 0. The number of hydrogen-bond donors (Lipinski definition) is 2. The Morgan fingerprint density at radius 1 is 0.933 bits per heavy atom. The molecule has 1 aromatic heterocycles. The summed E-state index contributed by atoms with van der Waals surface area (Å²) in [6.07, 6.45) is 2.26. The predicted octanol–water partition coefficient (Wildman–Crippen LogP) is 5.88. The van der Waals surface area contributed by atoms with Gasteiger partial charge in [-0.15, -0.1) is 0 Å². The molecule has 4 aromatic rings. The van der Waals surface area contributed by atoms with E-state index >= 15 is 0 Å². The lowest BCUT2D eigenvalue weighted by molar-refractivity contribution is -0.141. The molecule has 1 unspecified atom stereocenters. The van der Waals surface area contributed by atoms with Crippen LogP contribution in [0.4, 0.5) is 0 Å². The molecular formula is C25H23NO4. The molecule has 3 aromatic carbocycles. The van der Waals surface area contributed by atoms with Crippen molar-refractivity contribution in [2.24, 2.45) is 11.1 Å². The van der Waals surface area contributed by atoms with Gasteiger partial charge in [0.2, 0.25) is 0 Å². The topological polar surface area (TPSA) is 83.0 Å². The zero-order chi connectivity index (χ0) is 20.9. The minimum Gasteiger partial charge on any atom is -0.481 e. The highest BCUT2D eigenvalue weighted by atomic mass is 16.4. The molecule has 0 radical (unpaired) electrons. The minimum atomic E-state index is -0.876. The van der Waals surface area contributed by atoms with Crippen LogP contribution in [-0.2, 0) is 11.2 Å². The summed E-state index contributed by atoms with van der Waals surface area (Å²) in [4.78, 5) is 11.8. The first-order chi connectivity index (χ1) is 14.7. The first kappa shape index (κ1) is 19.7. The third-order valence-corrected chi connectivity index (χ3v) is 5.48. The number of rotatable bonds is 8. The molecule has 30 heavy (non-hydrogen) atoms. The summed E-state index contributed by atoms with van der Waals surface area (Å²) in [5.74, 6) is -1.49. The van der Waals surface area contributed by atoms with Crippen molar-refractivity contribution in [3.63, 3.8) is 0 Å². The van der Waals surface area contributed by atoms with E-state index in [9.17, 15) is 15.1 Å². The van der Waals surface area contributed by atoms with E-state index in [2.05, 4.69) is 5.16 Å². The molecule has 5 nitrogen and oxygen atoms in total. The van der Waals surface area contributed by atoms with Crippen LogP contribution in [0.3, 0.4) is 0 Å². The lowest BCUT2D eigenvalue weighted by atomic mass is 9.92. The molecule has 0 fully saturated rings. The molecular weight excluding hydrogens is 378 g/mol. The summed E-state index contributed by atoms with van der Waals surface area (Å²) in [6.45, 7) is 0.